The summed E-state index contributed by atoms with van der Waals surface area (Å²) < 4.78 is 5.46. The third kappa shape index (κ3) is 5.12. The normalized spacial score (nSPS) is 17.8. The molecule has 0 aromatic heterocycles. The molecule has 4 rings (SSSR count). The molecule has 34 heavy (non-hydrogen) atoms. The van der Waals surface area contributed by atoms with E-state index in [1.165, 1.54) is 0 Å². The lowest BCUT2D eigenvalue weighted by Crippen LogP contribution is -2.58. The molecule has 2 aliphatic heterocycles. The minimum atomic E-state index is -0.535. The van der Waals surface area contributed by atoms with Crippen molar-refractivity contribution in [2.45, 2.75) is 38.6 Å². The largest absolute Gasteiger partial charge is 0.508 e. The van der Waals surface area contributed by atoms with Crippen molar-refractivity contribution < 1.29 is 14.6 Å². The Kier molecular flexibility index (Phi) is 7.57. The van der Waals surface area contributed by atoms with Crippen molar-refractivity contribution >= 4 is 23.2 Å². The minimum Gasteiger partial charge on any atom is -0.508 e. The number of aromatic hydroxyl groups is 1. The average Bonchev–Trinajstić information content (AvgIpc) is 3.16. The predicted molar refractivity (Wildman–Crippen MR) is 135 cm³/mol. The number of hydrogen-bond acceptors (Lipinski definition) is 5. The topological polar surface area (TPSA) is 89.4 Å². The van der Waals surface area contributed by atoms with Crippen LogP contribution in [0, 0.1) is 6.92 Å². The quantitative estimate of drug-likeness (QED) is 0.252. The molecule has 2 aromatic rings. The van der Waals surface area contributed by atoms with Crippen LogP contribution >= 0.6 is 0 Å². The fourth-order valence-corrected chi connectivity index (χ4v) is 4.74. The molecule has 0 unspecified atom stereocenters. The number of para-hydroxylation sites is 1. The number of piperidine rings is 1. The van der Waals surface area contributed by atoms with E-state index in [1.54, 1.807) is 12.1 Å². The zero-order valence-electron chi connectivity index (χ0n) is 20.1. The number of phenolic OH excluding ortho intramolecular Hbond substituents is 1. The number of benzene rings is 2. The molecule has 1 spiro atoms. The summed E-state index contributed by atoms with van der Waals surface area (Å²) in [5.74, 6) is 1.14. The summed E-state index contributed by atoms with van der Waals surface area (Å²) in [6.07, 6.45) is 2.26. The molecule has 2 aliphatic rings. The summed E-state index contributed by atoms with van der Waals surface area (Å²) in [5.41, 5.74) is 2.39. The number of carbonyl (C=O) groups is 1. The molecule has 8 nitrogen and oxygen atoms in total. The van der Waals surface area contributed by atoms with Gasteiger partial charge in [-0.25, -0.2) is 0 Å². The lowest BCUT2D eigenvalue weighted by atomic mass is 9.85. The van der Waals surface area contributed by atoms with Crippen molar-refractivity contribution in [1.82, 2.24) is 10.2 Å². The van der Waals surface area contributed by atoms with Crippen LogP contribution in [0.2, 0.25) is 0 Å². The van der Waals surface area contributed by atoms with Gasteiger partial charge >= 0.3 is 0 Å². The van der Waals surface area contributed by atoms with Gasteiger partial charge in [0.1, 0.15) is 11.3 Å². The minimum absolute atomic E-state index is 0.105. The number of carbonyl (C=O) groups excluding carboxylic acids is 1. The molecule has 2 heterocycles. The summed E-state index contributed by atoms with van der Waals surface area (Å²) in [7, 11) is 0. The highest BCUT2D eigenvalue weighted by Gasteiger charge is 2.50. The number of anilines is 2. The van der Waals surface area contributed by atoms with Crippen LogP contribution in [0.4, 0.5) is 11.4 Å². The third-order valence-electron chi connectivity index (χ3n) is 6.66. The van der Waals surface area contributed by atoms with Crippen LogP contribution in [0.15, 0.2) is 53.5 Å². The fourth-order valence-electron chi connectivity index (χ4n) is 4.74. The van der Waals surface area contributed by atoms with Crippen LogP contribution in [0.5, 0.6) is 5.75 Å². The van der Waals surface area contributed by atoms with Crippen molar-refractivity contribution in [3.8, 4) is 5.75 Å². The first-order valence-corrected chi connectivity index (χ1v) is 12.1. The molecule has 3 N–H and O–H groups in total. The second-order valence-electron chi connectivity index (χ2n) is 8.83. The molecule has 0 radical (unpaired) electrons. The van der Waals surface area contributed by atoms with E-state index in [2.05, 4.69) is 32.6 Å². The second-order valence-corrected chi connectivity index (χ2v) is 8.83. The summed E-state index contributed by atoms with van der Waals surface area (Å²) in [6.45, 7) is 7.95. The smallest absolute Gasteiger partial charge is 0.247 e. The third-order valence-corrected chi connectivity index (χ3v) is 6.66. The van der Waals surface area contributed by atoms with Gasteiger partial charge in [-0.15, -0.1) is 0 Å². The van der Waals surface area contributed by atoms with Gasteiger partial charge < -0.3 is 30.3 Å². The number of guanidine groups is 1. The van der Waals surface area contributed by atoms with Gasteiger partial charge in [-0.1, -0.05) is 18.2 Å². The monoisotopic (exact) mass is 465 g/mol. The maximum atomic E-state index is 13.0. The maximum absolute atomic E-state index is 13.0. The first kappa shape index (κ1) is 23.9. The Morgan fingerprint density at radius 2 is 1.97 bits per heavy atom. The summed E-state index contributed by atoms with van der Waals surface area (Å²) in [4.78, 5) is 22.3. The summed E-state index contributed by atoms with van der Waals surface area (Å²) in [5, 5.41) is 16.3. The van der Waals surface area contributed by atoms with Crippen molar-refractivity contribution in [1.29, 1.82) is 0 Å². The number of aryl methyl sites for hydroxylation is 1. The summed E-state index contributed by atoms with van der Waals surface area (Å²) >= 11 is 0. The van der Waals surface area contributed by atoms with Gasteiger partial charge in [0.15, 0.2) is 5.96 Å². The number of rotatable bonds is 7. The zero-order chi connectivity index (χ0) is 24.0. The molecule has 2 saturated heterocycles. The number of hydrogen-bond donors (Lipinski definition) is 3. The van der Waals surface area contributed by atoms with Gasteiger partial charge in [0.25, 0.3) is 0 Å². The SMILES string of the molecule is CCOCCCN=C(Nc1ccc(O)cc1C)N1CCC2(CC1)C(=O)NCN2c1ccccc1. The van der Waals surface area contributed by atoms with Crippen molar-refractivity contribution in [3.05, 3.63) is 54.1 Å². The lowest BCUT2D eigenvalue weighted by Gasteiger charge is -2.44. The van der Waals surface area contributed by atoms with E-state index in [-0.39, 0.29) is 11.7 Å². The molecule has 2 aromatic carbocycles. The van der Waals surface area contributed by atoms with Gasteiger partial charge in [-0.2, -0.15) is 0 Å². The second kappa shape index (κ2) is 10.8. The van der Waals surface area contributed by atoms with Gasteiger partial charge in [0.05, 0.1) is 6.67 Å². The van der Waals surface area contributed by atoms with Crippen LogP contribution in [-0.2, 0) is 9.53 Å². The Balaban J connectivity index is 1.50. The number of phenols is 1. The van der Waals surface area contributed by atoms with E-state index >= 15 is 0 Å². The van der Waals surface area contributed by atoms with Crippen LogP contribution < -0.4 is 15.5 Å². The van der Waals surface area contributed by atoms with Gasteiger partial charge in [-0.05, 0) is 69.0 Å². The van der Waals surface area contributed by atoms with Crippen molar-refractivity contribution in [2.75, 3.05) is 49.7 Å². The van der Waals surface area contributed by atoms with Gasteiger partial charge in [0, 0.05) is 44.2 Å². The molecule has 0 saturated carbocycles. The van der Waals surface area contributed by atoms with Crippen LogP contribution in [0.1, 0.15) is 31.7 Å². The van der Waals surface area contributed by atoms with E-state index in [0.29, 0.717) is 52.4 Å². The van der Waals surface area contributed by atoms with Crippen molar-refractivity contribution in [3.63, 3.8) is 0 Å². The molecule has 0 aliphatic carbocycles. The molecule has 8 heteroatoms. The van der Waals surface area contributed by atoms with Gasteiger partial charge in [0.2, 0.25) is 5.91 Å². The standard InChI is InChI=1S/C26H35N5O3/c1-3-34-17-7-14-27-25(29-23-11-10-22(32)18-20(23)2)30-15-12-26(13-16-30)24(33)28-19-31(26)21-8-5-4-6-9-21/h4-6,8-11,18,32H,3,7,12-17,19H2,1-2H3,(H,27,29)(H,28,33). The Morgan fingerprint density at radius 1 is 1.21 bits per heavy atom. The van der Waals surface area contributed by atoms with Gasteiger partial charge in [-0.3, -0.25) is 9.79 Å². The van der Waals surface area contributed by atoms with Crippen LogP contribution in [-0.4, -0.2) is 66.9 Å². The van der Waals surface area contributed by atoms with E-state index in [1.807, 2.05) is 38.1 Å². The number of aliphatic imine (C=N–C) groups is 1. The Hall–Kier alpha value is -3.26. The highest BCUT2D eigenvalue weighted by Crippen LogP contribution is 2.36. The molecule has 182 valence electrons. The molecule has 0 atom stereocenters. The number of nitrogens with zero attached hydrogens (tertiary/aromatic N) is 3. The van der Waals surface area contributed by atoms with E-state index in [0.717, 1.165) is 29.3 Å². The number of amides is 1. The molecule has 0 bridgehead atoms. The number of nitrogens with one attached hydrogen (secondary N) is 2. The van der Waals surface area contributed by atoms with E-state index in [9.17, 15) is 9.90 Å². The highest BCUT2D eigenvalue weighted by atomic mass is 16.5. The van der Waals surface area contributed by atoms with Crippen LogP contribution in [0.25, 0.3) is 0 Å². The first-order valence-electron chi connectivity index (χ1n) is 12.1. The number of ether oxygens (including phenoxy) is 1. The Labute approximate surface area is 201 Å². The highest BCUT2D eigenvalue weighted by molar-refractivity contribution is 5.96. The Morgan fingerprint density at radius 3 is 2.68 bits per heavy atom. The summed E-state index contributed by atoms with van der Waals surface area (Å²) in [6, 6.07) is 15.4. The Bertz CT molecular complexity index is 1000. The zero-order valence-corrected chi connectivity index (χ0v) is 20.1. The van der Waals surface area contributed by atoms with Crippen LogP contribution in [0.3, 0.4) is 0 Å². The molecule has 2 fully saturated rings. The predicted octanol–water partition coefficient (Wildman–Crippen LogP) is 3.32. The van der Waals surface area contributed by atoms with E-state index in [4.69, 9.17) is 9.73 Å². The number of likely N-dealkylation sites (tertiary alicyclic amines) is 1. The lowest BCUT2D eigenvalue weighted by molar-refractivity contribution is -0.124. The van der Waals surface area contributed by atoms with E-state index < -0.39 is 5.54 Å². The molecular formula is C26H35N5O3. The average molecular weight is 466 g/mol. The maximum Gasteiger partial charge on any atom is 0.247 e. The molecule has 1 amide bonds. The first-order chi connectivity index (χ1) is 16.5. The fraction of sp³-hybridized carbons (Fsp3) is 0.462. The van der Waals surface area contributed by atoms with Crippen molar-refractivity contribution in [2.24, 2.45) is 4.99 Å². The molecular weight excluding hydrogens is 430 g/mol.